The number of rotatable bonds is 4. The third-order valence-electron chi connectivity index (χ3n) is 1.66. The summed E-state index contributed by atoms with van der Waals surface area (Å²) in [5.41, 5.74) is 1.36. The Morgan fingerprint density at radius 2 is 2.19 bits per heavy atom. The van der Waals surface area contributed by atoms with Gasteiger partial charge in [-0.1, -0.05) is 34.8 Å². The van der Waals surface area contributed by atoms with Gasteiger partial charge in [0.05, 0.1) is 10.6 Å². The lowest BCUT2D eigenvalue weighted by molar-refractivity contribution is 0.0697. The van der Waals surface area contributed by atoms with Crippen molar-refractivity contribution in [3.63, 3.8) is 0 Å². The Morgan fingerprint density at radius 3 is 2.75 bits per heavy atom. The van der Waals surface area contributed by atoms with Gasteiger partial charge in [-0.25, -0.2) is 4.79 Å². The average Bonchev–Trinajstić information content (AvgIpc) is 2.27. The quantitative estimate of drug-likeness (QED) is 0.834. The Morgan fingerprint density at radius 1 is 1.50 bits per heavy atom. The molecular weight excluding hydrogens is 291 g/mol. The van der Waals surface area contributed by atoms with Gasteiger partial charge in [-0.3, -0.25) is 0 Å². The van der Waals surface area contributed by atoms with E-state index < -0.39 is 5.97 Å². The molecule has 0 aliphatic rings. The van der Waals surface area contributed by atoms with E-state index in [-0.39, 0.29) is 10.6 Å². The molecule has 0 radical (unpaired) electrons. The number of carbonyl (C=O) groups is 1. The van der Waals surface area contributed by atoms with Crippen molar-refractivity contribution in [2.24, 2.45) is 0 Å². The second-order valence-electron chi connectivity index (χ2n) is 2.79. The zero-order valence-corrected chi connectivity index (χ0v) is 11.0. The van der Waals surface area contributed by atoms with Crippen molar-refractivity contribution in [3.05, 3.63) is 39.4 Å². The van der Waals surface area contributed by atoms with Crippen LogP contribution in [0.3, 0.4) is 0 Å². The first-order chi connectivity index (χ1) is 7.54. The number of thioether (sulfide) groups is 1. The molecule has 0 bridgehead atoms. The molecule has 1 aromatic rings. The molecule has 1 rings (SSSR count). The summed E-state index contributed by atoms with van der Waals surface area (Å²) in [6.45, 7) is 0. The van der Waals surface area contributed by atoms with Gasteiger partial charge in [-0.15, -0.1) is 11.8 Å². The van der Waals surface area contributed by atoms with Gasteiger partial charge in [0.2, 0.25) is 0 Å². The molecule has 0 fully saturated rings. The van der Waals surface area contributed by atoms with Crippen LogP contribution < -0.4 is 0 Å². The minimum absolute atomic E-state index is 0.0812. The highest BCUT2D eigenvalue weighted by molar-refractivity contribution is 7.99. The predicted molar refractivity (Wildman–Crippen MR) is 68.9 cm³/mol. The highest BCUT2D eigenvalue weighted by Gasteiger charge is 2.09. The minimum atomic E-state index is -1.05. The maximum Gasteiger partial charge on any atom is 0.337 e. The lowest BCUT2D eigenvalue weighted by atomic mass is 10.2. The molecule has 0 aliphatic carbocycles. The number of hydrogen-bond donors (Lipinski definition) is 1. The SMILES string of the molecule is O=C(O)c1cc(SC/C(Cl)=C/Cl)ccc1Cl. The molecule has 6 heteroatoms. The Balaban J connectivity index is 2.83. The number of carboxylic acid groups (broad SMARTS) is 1. The van der Waals surface area contributed by atoms with Gasteiger partial charge in [0.1, 0.15) is 0 Å². The fraction of sp³-hybridized carbons (Fsp3) is 0.100. The van der Waals surface area contributed by atoms with Crippen LogP contribution >= 0.6 is 46.6 Å². The van der Waals surface area contributed by atoms with Crippen LogP contribution in [-0.2, 0) is 0 Å². The molecule has 0 aromatic heterocycles. The maximum absolute atomic E-state index is 10.8. The molecule has 0 aliphatic heterocycles. The molecule has 0 amide bonds. The summed E-state index contributed by atoms with van der Waals surface area (Å²) in [6, 6.07) is 4.79. The predicted octanol–water partition coefficient (Wildman–Crippen LogP) is 4.45. The Labute approximate surface area is 112 Å². The van der Waals surface area contributed by atoms with E-state index in [1.807, 2.05) is 0 Å². The number of halogens is 3. The van der Waals surface area contributed by atoms with Gasteiger partial charge < -0.3 is 5.11 Å². The van der Waals surface area contributed by atoms with Gasteiger partial charge >= 0.3 is 5.97 Å². The van der Waals surface area contributed by atoms with Crippen molar-refractivity contribution in [1.29, 1.82) is 0 Å². The maximum atomic E-state index is 10.8. The molecule has 0 saturated heterocycles. The van der Waals surface area contributed by atoms with E-state index in [2.05, 4.69) is 0 Å². The molecule has 0 saturated carbocycles. The van der Waals surface area contributed by atoms with Gasteiger partial charge in [0.15, 0.2) is 0 Å². The van der Waals surface area contributed by atoms with Crippen LogP contribution in [0, 0.1) is 0 Å². The van der Waals surface area contributed by atoms with E-state index in [0.29, 0.717) is 10.8 Å². The van der Waals surface area contributed by atoms with Crippen LogP contribution in [0.25, 0.3) is 0 Å². The second kappa shape index (κ2) is 6.40. The summed E-state index contributed by atoms with van der Waals surface area (Å²) in [5.74, 6) is -0.558. The molecular formula is C10H7Cl3O2S. The summed E-state index contributed by atoms with van der Waals surface area (Å²) in [7, 11) is 0. The first-order valence-electron chi connectivity index (χ1n) is 4.15. The van der Waals surface area contributed by atoms with Crippen molar-refractivity contribution >= 4 is 52.5 Å². The van der Waals surface area contributed by atoms with E-state index >= 15 is 0 Å². The summed E-state index contributed by atoms with van der Waals surface area (Å²) < 4.78 is 0. The lowest BCUT2D eigenvalue weighted by Crippen LogP contribution is -1.97. The first-order valence-corrected chi connectivity index (χ1v) is 6.32. The molecule has 1 aromatic carbocycles. The summed E-state index contributed by atoms with van der Waals surface area (Å²) in [6.07, 6.45) is 0. The monoisotopic (exact) mass is 296 g/mol. The largest absolute Gasteiger partial charge is 0.478 e. The van der Waals surface area contributed by atoms with Gasteiger partial charge in [-0.2, -0.15) is 0 Å². The molecule has 0 spiro atoms. The van der Waals surface area contributed by atoms with Crippen LogP contribution in [0.1, 0.15) is 10.4 Å². The van der Waals surface area contributed by atoms with Gasteiger partial charge in [0, 0.05) is 21.2 Å². The van der Waals surface area contributed by atoms with E-state index in [4.69, 9.17) is 39.9 Å². The van der Waals surface area contributed by atoms with E-state index in [1.165, 1.54) is 23.4 Å². The van der Waals surface area contributed by atoms with Crippen LogP contribution in [0.5, 0.6) is 0 Å². The summed E-state index contributed by atoms with van der Waals surface area (Å²) >= 11 is 18.2. The van der Waals surface area contributed by atoms with E-state index in [9.17, 15) is 4.79 Å². The molecule has 16 heavy (non-hydrogen) atoms. The van der Waals surface area contributed by atoms with Crippen molar-refractivity contribution in [1.82, 2.24) is 0 Å². The Hall–Kier alpha value is -0.350. The van der Waals surface area contributed by atoms with Crippen molar-refractivity contribution in [3.8, 4) is 0 Å². The molecule has 1 N–H and O–H groups in total. The Kier molecular flexibility index (Phi) is 5.49. The van der Waals surface area contributed by atoms with Crippen LogP contribution in [0.4, 0.5) is 0 Å². The average molecular weight is 298 g/mol. The highest BCUT2D eigenvalue weighted by Crippen LogP contribution is 2.26. The summed E-state index contributed by atoms with van der Waals surface area (Å²) in [4.78, 5) is 11.6. The lowest BCUT2D eigenvalue weighted by Gasteiger charge is -2.03. The smallest absolute Gasteiger partial charge is 0.337 e. The second-order valence-corrected chi connectivity index (χ2v) is 4.95. The molecule has 2 nitrogen and oxygen atoms in total. The third-order valence-corrected chi connectivity index (χ3v) is 3.81. The molecule has 0 heterocycles. The van der Waals surface area contributed by atoms with Crippen LogP contribution in [0.15, 0.2) is 33.7 Å². The topological polar surface area (TPSA) is 37.3 Å². The molecule has 0 unspecified atom stereocenters. The summed E-state index contributed by atoms with van der Waals surface area (Å²) in [5, 5.41) is 9.58. The normalized spacial score (nSPS) is 11.6. The number of benzene rings is 1. The van der Waals surface area contributed by atoms with Crippen LogP contribution in [0.2, 0.25) is 5.02 Å². The van der Waals surface area contributed by atoms with Crippen molar-refractivity contribution in [2.45, 2.75) is 4.90 Å². The standard InChI is InChI=1S/C10H7Cl3O2S/c11-4-6(12)5-16-7-1-2-9(13)8(3-7)10(14)15/h1-4H,5H2,(H,14,15)/b6-4-. The van der Waals surface area contributed by atoms with Crippen molar-refractivity contribution < 1.29 is 9.90 Å². The Bertz CT molecular complexity index is 432. The highest BCUT2D eigenvalue weighted by atomic mass is 35.5. The number of hydrogen-bond acceptors (Lipinski definition) is 2. The number of carboxylic acids is 1. The molecule has 86 valence electrons. The van der Waals surface area contributed by atoms with E-state index in [0.717, 1.165) is 4.90 Å². The molecule has 0 atom stereocenters. The van der Waals surface area contributed by atoms with Gasteiger partial charge in [-0.05, 0) is 18.2 Å². The van der Waals surface area contributed by atoms with Crippen molar-refractivity contribution in [2.75, 3.05) is 5.75 Å². The first kappa shape index (κ1) is 13.7. The minimum Gasteiger partial charge on any atom is -0.478 e. The third kappa shape index (κ3) is 3.91. The number of aromatic carboxylic acids is 1. The van der Waals surface area contributed by atoms with Crippen LogP contribution in [-0.4, -0.2) is 16.8 Å². The van der Waals surface area contributed by atoms with Gasteiger partial charge in [0.25, 0.3) is 0 Å². The zero-order valence-electron chi connectivity index (χ0n) is 7.91. The zero-order chi connectivity index (χ0) is 12.1. The van der Waals surface area contributed by atoms with E-state index in [1.54, 1.807) is 12.1 Å². The fourth-order valence-electron chi connectivity index (χ4n) is 0.942. The fourth-order valence-corrected chi connectivity index (χ4v) is 2.23.